The molecule has 0 bridgehead atoms. The average Bonchev–Trinajstić information content (AvgIpc) is 2.95. The van der Waals surface area contributed by atoms with Crippen molar-refractivity contribution in [2.45, 2.75) is 19.8 Å². The van der Waals surface area contributed by atoms with Crippen molar-refractivity contribution in [1.29, 1.82) is 0 Å². The van der Waals surface area contributed by atoms with Gasteiger partial charge in [-0.3, -0.25) is 5.10 Å². The van der Waals surface area contributed by atoms with Gasteiger partial charge in [0.1, 0.15) is 0 Å². The Morgan fingerprint density at radius 3 is 2.65 bits per heavy atom. The van der Waals surface area contributed by atoms with Crippen molar-refractivity contribution in [2.24, 2.45) is 0 Å². The standard InChI is InChI=1S/C15H17N5/c1-3-4-10-5-7-11(8-6-10)13-12-9-17-20-14(12)19-15(16-2)18-13/h5-9H,3-4H2,1-2H3,(H2,16,17,18,19,20). The lowest BCUT2D eigenvalue weighted by Gasteiger charge is -2.06. The van der Waals surface area contributed by atoms with E-state index in [4.69, 9.17) is 0 Å². The molecular formula is C15H17N5. The second kappa shape index (κ2) is 5.28. The minimum atomic E-state index is 0.592. The lowest BCUT2D eigenvalue weighted by molar-refractivity contribution is 0.922. The van der Waals surface area contributed by atoms with Gasteiger partial charge in [-0.2, -0.15) is 10.1 Å². The van der Waals surface area contributed by atoms with E-state index < -0.39 is 0 Å². The highest BCUT2D eigenvalue weighted by Crippen LogP contribution is 2.26. The summed E-state index contributed by atoms with van der Waals surface area (Å²) in [6.45, 7) is 2.19. The maximum atomic E-state index is 4.56. The Balaban J connectivity index is 2.10. The molecule has 20 heavy (non-hydrogen) atoms. The Kier molecular flexibility index (Phi) is 3.33. The topological polar surface area (TPSA) is 66.5 Å². The Bertz CT molecular complexity index is 715. The number of hydrogen-bond acceptors (Lipinski definition) is 4. The van der Waals surface area contributed by atoms with Crippen molar-refractivity contribution >= 4 is 17.0 Å². The largest absolute Gasteiger partial charge is 0.357 e. The molecule has 0 spiro atoms. The third kappa shape index (κ3) is 2.22. The molecule has 0 atom stereocenters. The van der Waals surface area contributed by atoms with Gasteiger partial charge in [-0.1, -0.05) is 37.6 Å². The molecule has 5 heteroatoms. The number of aromatic nitrogens is 4. The number of fused-ring (bicyclic) bond motifs is 1. The third-order valence-corrected chi connectivity index (χ3v) is 3.30. The van der Waals surface area contributed by atoms with Crippen LogP contribution in [-0.2, 0) is 6.42 Å². The first-order valence-corrected chi connectivity index (χ1v) is 6.80. The number of hydrogen-bond donors (Lipinski definition) is 2. The number of aromatic amines is 1. The lowest BCUT2D eigenvalue weighted by Crippen LogP contribution is -1.98. The smallest absolute Gasteiger partial charge is 0.225 e. The van der Waals surface area contributed by atoms with E-state index in [0.29, 0.717) is 5.95 Å². The van der Waals surface area contributed by atoms with E-state index >= 15 is 0 Å². The number of H-pyrrole nitrogens is 1. The SMILES string of the molecule is CCCc1ccc(-c2nc(NC)nc3[nH]ncc23)cc1. The summed E-state index contributed by atoms with van der Waals surface area (Å²) in [4.78, 5) is 8.90. The summed E-state index contributed by atoms with van der Waals surface area (Å²) in [7, 11) is 1.81. The lowest BCUT2D eigenvalue weighted by atomic mass is 10.0. The predicted octanol–water partition coefficient (Wildman–Crippen LogP) is 3.01. The summed E-state index contributed by atoms with van der Waals surface area (Å²) in [5.41, 5.74) is 4.07. The quantitative estimate of drug-likeness (QED) is 0.762. The zero-order chi connectivity index (χ0) is 13.9. The van der Waals surface area contributed by atoms with Crippen LogP contribution in [0.4, 0.5) is 5.95 Å². The molecule has 102 valence electrons. The molecule has 2 N–H and O–H groups in total. The first kappa shape index (κ1) is 12.6. The second-order valence-corrected chi connectivity index (χ2v) is 4.73. The van der Waals surface area contributed by atoms with Crippen LogP contribution in [0.25, 0.3) is 22.3 Å². The Morgan fingerprint density at radius 1 is 1.15 bits per heavy atom. The van der Waals surface area contributed by atoms with E-state index in [1.54, 1.807) is 6.20 Å². The molecule has 5 nitrogen and oxygen atoms in total. The number of nitrogens with one attached hydrogen (secondary N) is 2. The summed E-state index contributed by atoms with van der Waals surface area (Å²) in [5, 5.41) is 10.9. The van der Waals surface area contributed by atoms with Crippen LogP contribution in [0, 0.1) is 0 Å². The van der Waals surface area contributed by atoms with Crippen LogP contribution in [0.3, 0.4) is 0 Å². The van der Waals surface area contributed by atoms with Crippen LogP contribution in [0.1, 0.15) is 18.9 Å². The molecule has 0 fully saturated rings. The third-order valence-electron chi connectivity index (χ3n) is 3.30. The molecule has 1 aromatic carbocycles. The van der Waals surface area contributed by atoms with Gasteiger partial charge >= 0.3 is 0 Å². The van der Waals surface area contributed by atoms with E-state index in [1.165, 1.54) is 5.56 Å². The molecule has 0 aliphatic heterocycles. The first-order chi connectivity index (χ1) is 9.81. The van der Waals surface area contributed by atoms with Gasteiger partial charge in [0.25, 0.3) is 0 Å². The average molecular weight is 267 g/mol. The fraction of sp³-hybridized carbons (Fsp3) is 0.267. The summed E-state index contributed by atoms with van der Waals surface area (Å²) in [6.07, 6.45) is 4.03. The fourth-order valence-electron chi connectivity index (χ4n) is 2.28. The van der Waals surface area contributed by atoms with Crippen LogP contribution in [-0.4, -0.2) is 27.2 Å². The number of nitrogens with zero attached hydrogens (tertiary/aromatic N) is 3. The van der Waals surface area contributed by atoms with Crippen LogP contribution in [0.5, 0.6) is 0 Å². The zero-order valence-corrected chi connectivity index (χ0v) is 11.6. The molecule has 0 amide bonds. The van der Waals surface area contributed by atoms with Crippen LogP contribution in [0.2, 0.25) is 0 Å². The van der Waals surface area contributed by atoms with Crippen LogP contribution < -0.4 is 5.32 Å². The molecule has 0 saturated heterocycles. The minimum Gasteiger partial charge on any atom is -0.357 e. The van der Waals surface area contributed by atoms with Gasteiger partial charge in [0, 0.05) is 12.6 Å². The molecule has 0 saturated carbocycles. The highest BCUT2D eigenvalue weighted by Gasteiger charge is 2.10. The first-order valence-electron chi connectivity index (χ1n) is 6.80. The van der Waals surface area contributed by atoms with Gasteiger partial charge in [-0.15, -0.1) is 0 Å². The highest BCUT2D eigenvalue weighted by atomic mass is 15.2. The highest BCUT2D eigenvalue weighted by molar-refractivity contribution is 5.90. The van der Waals surface area contributed by atoms with E-state index in [0.717, 1.165) is 35.1 Å². The normalized spacial score (nSPS) is 10.9. The van der Waals surface area contributed by atoms with Crippen molar-refractivity contribution in [3.05, 3.63) is 36.0 Å². The Hall–Kier alpha value is -2.43. The van der Waals surface area contributed by atoms with Crippen molar-refractivity contribution in [3.8, 4) is 11.3 Å². The zero-order valence-electron chi connectivity index (χ0n) is 11.6. The number of rotatable bonds is 4. The van der Waals surface area contributed by atoms with Gasteiger partial charge in [0.2, 0.25) is 5.95 Å². The summed E-state index contributed by atoms with van der Waals surface area (Å²) in [6, 6.07) is 8.54. The fourth-order valence-corrected chi connectivity index (χ4v) is 2.28. The summed E-state index contributed by atoms with van der Waals surface area (Å²) < 4.78 is 0. The predicted molar refractivity (Wildman–Crippen MR) is 80.7 cm³/mol. The molecular weight excluding hydrogens is 250 g/mol. The number of anilines is 1. The molecule has 3 aromatic rings. The van der Waals surface area contributed by atoms with E-state index in [-0.39, 0.29) is 0 Å². The Labute approximate surface area is 117 Å². The van der Waals surface area contributed by atoms with Crippen molar-refractivity contribution in [1.82, 2.24) is 20.2 Å². The monoisotopic (exact) mass is 267 g/mol. The number of aryl methyl sites for hydroxylation is 1. The molecule has 2 heterocycles. The molecule has 0 aliphatic rings. The number of benzene rings is 1. The summed E-state index contributed by atoms with van der Waals surface area (Å²) in [5.74, 6) is 0.592. The van der Waals surface area contributed by atoms with Gasteiger partial charge in [-0.05, 0) is 12.0 Å². The molecule has 2 aromatic heterocycles. The van der Waals surface area contributed by atoms with Crippen LogP contribution in [0.15, 0.2) is 30.5 Å². The maximum absolute atomic E-state index is 4.56. The molecule has 0 radical (unpaired) electrons. The summed E-state index contributed by atoms with van der Waals surface area (Å²) >= 11 is 0. The van der Waals surface area contributed by atoms with E-state index in [9.17, 15) is 0 Å². The molecule has 0 unspecified atom stereocenters. The second-order valence-electron chi connectivity index (χ2n) is 4.73. The van der Waals surface area contributed by atoms with Crippen LogP contribution >= 0.6 is 0 Å². The van der Waals surface area contributed by atoms with Gasteiger partial charge in [0.05, 0.1) is 17.3 Å². The minimum absolute atomic E-state index is 0.592. The van der Waals surface area contributed by atoms with Gasteiger partial charge in [0.15, 0.2) is 5.65 Å². The van der Waals surface area contributed by atoms with Gasteiger partial charge in [-0.25, -0.2) is 4.98 Å². The van der Waals surface area contributed by atoms with E-state index in [1.807, 2.05) is 7.05 Å². The van der Waals surface area contributed by atoms with E-state index in [2.05, 4.69) is 56.7 Å². The van der Waals surface area contributed by atoms with Crippen molar-refractivity contribution < 1.29 is 0 Å². The van der Waals surface area contributed by atoms with Crippen molar-refractivity contribution in [2.75, 3.05) is 12.4 Å². The molecule has 3 rings (SSSR count). The van der Waals surface area contributed by atoms with Gasteiger partial charge < -0.3 is 5.32 Å². The maximum Gasteiger partial charge on any atom is 0.225 e. The Morgan fingerprint density at radius 2 is 1.95 bits per heavy atom. The molecule has 0 aliphatic carbocycles. The van der Waals surface area contributed by atoms with Crippen molar-refractivity contribution in [3.63, 3.8) is 0 Å².